The van der Waals surface area contributed by atoms with Gasteiger partial charge in [-0.3, -0.25) is 9.59 Å². The molecule has 240 valence electrons. The third-order valence-electron chi connectivity index (χ3n) is 8.06. The average molecular weight is 681 g/mol. The highest BCUT2D eigenvalue weighted by Crippen LogP contribution is 2.42. The van der Waals surface area contributed by atoms with Crippen molar-refractivity contribution in [3.8, 4) is 28.3 Å². The van der Waals surface area contributed by atoms with E-state index in [9.17, 15) is 9.59 Å². The fraction of sp³-hybridized carbons (Fsp3) is 0.333. The van der Waals surface area contributed by atoms with Gasteiger partial charge in [-0.2, -0.15) is 0 Å². The lowest BCUT2D eigenvalue weighted by Gasteiger charge is -2.15. The van der Waals surface area contributed by atoms with E-state index in [4.69, 9.17) is 32.9 Å². The van der Waals surface area contributed by atoms with Crippen molar-refractivity contribution in [3.63, 3.8) is 0 Å². The van der Waals surface area contributed by atoms with Gasteiger partial charge in [0.2, 0.25) is 17.7 Å². The zero-order chi connectivity index (χ0) is 32.0. The number of carbonyl (C=O) groups is 2. The summed E-state index contributed by atoms with van der Waals surface area (Å²) in [5.74, 6) is 0.728. The first kappa shape index (κ1) is 32.2. The van der Waals surface area contributed by atoms with Crippen LogP contribution in [0.2, 0.25) is 10.0 Å². The minimum atomic E-state index is 0.102. The molecule has 2 amide bonds. The molecule has 2 aliphatic heterocycles. The van der Waals surface area contributed by atoms with E-state index in [1.807, 2.05) is 54.7 Å². The summed E-state index contributed by atoms with van der Waals surface area (Å²) in [6.07, 6.45) is 4.71. The Hall–Kier alpha value is -3.74. The smallest absolute Gasteiger partial charge is 0.220 e. The van der Waals surface area contributed by atoms with Gasteiger partial charge in [0.1, 0.15) is 0 Å². The third-order valence-corrected chi connectivity index (χ3v) is 9.78. The lowest BCUT2D eigenvalue weighted by molar-refractivity contribution is -0.120. The van der Waals surface area contributed by atoms with Crippen LogP contribution in [0.3, 0.4) is 0 Å². The number of anilines is 2. The van der Waals surface area contributed by atoms with Gasteiger partial charge in [-0.25, -0.2) is 9.97 Å². The van der Waals surface area contributed by atoms with Gasteiger partial charge in [0.05, 0.1) is 28.5 Å². The Labute approximate surface area is 281 Å². The number of carbonyl (C=O) groups excluding carboxylic acids is 2. The Kier molecular flexibility index (Phi) is 10.4. The van der Waals surface area contributed by atoms with E-state index < -0.39 is 0 Å². The molecular weight excluding hydrogens is 645 g/mol. The van der Waals surface area contributed by atoms with Gasteiger partial charge in [-0.1, -0.05) is 59.6 Å². The van der Waals surface area contributed by atoms with E-state index in [1.54, 1.807) is 18.4 Å². The van der Waals surface area contributed by atoms with Crippen LogP contribution in [0.1, 0.15) is 36.1 Å². The topological polar surface area (TPSA) is 129 Å². The Morgan fingerprint density at radius 1 is 0.870 bits per heavy atom. The number of ether oxygens (including phenoxy) is 1. The van der Waals surface area contributed by atoms with Crippen LogP contribution in [0.15, 0.2) is 54.7 Å². The van der Waals surface area contributed by atoms with Crippen molar-refractivity contribution >= 4 is 57.2 Å². The number of amides is 2. The lowest BCUT2D eigenvalue weighted by Crippen LogP contribution is -2.35. The lowest BCUT2D eigenvalue weighted by atomic mass is 10.00. The van der Waals surface area contributed by atoms with E-state index in [-0.39, 0.29) is 23.9 Å². The standard InChI is InChI=1S/C33H35Cl2N7O3S/c1-45-32-19(14-36-15-20-9-12-28(43)39-20)8-11-26(41-32)25-6-2-4-23(30(25)34)24-5-3-7-27(31(24)35)42-33-38-18-22(46-33)17-37-16-21-10-13-29(44)40-21/h2-8,11,18,20-21,36-37H,9-10,12-17H2,1H3,(H,38,42)(H,39,43)(H,40,44)/t20-,21-/m0/s1. The number of nitrogens with zero attached hydrogens (tertiary/aromatic N) is 2. The number of aromatic nitrogens is 2. The summed E-state index contributed by atoms with van der Waals surface area (Å²) in [6.45, 7) is 2.64. The second-order valence-electron chi connectivity index (χ2n) is 11.3. The molecule has 2 atom stereocenters. The zero-order valence-corrected chi connectivity index (χ0v) is 27.6. The van der Waals surface area contributed by atoms with Crippen LogP contribution in [0.5, 0.6) is 5.88 Å². The molecule has 46 heavy (non-hydrogen) atoms. The van der Waals surface area contributed by atoms with Crippen LogP contribution in [0, 0.1) is 0 Å². The maximum Gasteiger partial charge on any atom is 0.220 e. The van der Waals surface area contributed by atoms with Crippen LogP contribution < -0.4 is 31.3 Å². The Morgan fingerprint density at radius 2 is 1.52 bits per heavy atom. The molecule has 6 rings (SSSR count). The number of nitrogens with one attached hydrogen (secondary N) is 5. The minimum Gasteiger partial charge on any atom is -0.481 e. The van der Waals surface area contributed by atoms with E-state index >= 15 is 0 Å². The first-order chi connectivity index (χ1) is 22.4. The van der Waals surface area contributed by atoms with Gasteiger partial charge in [0.15, 0.2) is 5.13 Å². The minimum absolute atomic E-state index is 0.102. The first-order valence-electron chi connectivity index (χ1n) is 15.2. The van der Waals surface area contributed by atoms with Gasteiger partial charge < -0.3 is 31.3 Å². The van der Waals surface area contributed by atoms with Gasteiger partial charge in [-0.15, -0.1) is 11.3 Å². The van der Waals surface area contributed by atoms with Crippen LogP contribution in [-0.2, 0) is 22.7 Å². The molecule has 2 aromatic carbocycles. The van der Waals surface area contributed by atoms with Crippen molar-refractivity contribution < 1.29 is 14.3 Å². The van der Waals surface area contributed by atoms with Gasteiger partial charge in [0, 0.05) is 84.4 Å². The maximum absolute atomic E-state index is 11.5. The molecule has 10 nitrogen and oxygen atoms in total. The number of thiazole rings is 1. The van der Waals surface area contributed by atoms with E-state index in [2.05, 4.69) is 31.6 Å². The summed E-state index contributed by atoms with van der Waals surface area (Å²) >= 11 is 15.5. The highest BCUT2D eigenvalue weighted by atomic mass is 35.5. The van der Waals surface area contributed by atoms with Crippen LogP contribution >= 0.6 is 34.5 Å². The largest absolute Gasteiger partial charge is 0.481 e. The summed E-state index contributed by atoms with van der Waals surface area (Å²) in [5, 5.41) is 17.9. The molecule has 2 saturated heterocycles. The summed E-state index contributed by atoms with van der Waals surface area (Å²) in [6, 6.07) is 15.8. The van der Waals surface area contributed by atoms with E-state index in [1.165, 1.54) is 0 Å². The Balaban J connectivity index is 1.14. The summed E-state index contributed by atoms with van der Waals surface area (Å²) in [7, 11) is 1.60. The molecule has 13 heteroatoms. The average Bonchev–Trinajstić information content (AvgIpc) is 3.80. The molecule has 2 aromatic heterocycles. The molecule has 2 fully saturated rings. The van der Waals surface area contributed by atoms with Crippen molar-refractivity contribution in [2.45, 2.75) is 50.9 Å². The predicted octanol–water partition coefficient (Wildman–Crippen LogP) is 5.67. The zero-order valence-electron chi connectivity index (χ0n) is 25.3. The highest BCUT2D eigenvalue weighted by molar-refractivity contribution is 7.15. The van der Waals surface area contributed by atoms with Crippen LogP contribution in [0.4, 0.5) is 10.8 Å². The van der Waals surface area contributed by atoms with Crippen molar-refractivity contribution in [2.75, 3.05) is 25.5 Å². The second-order valence-corrected chi connectivity index (χ2v) is 13.2. The van der Waals surface area contributed by atoms with Gasteiger partial charge >= 0.3 is 0 Å². The maximum atomic E-state index is 11.5. The number of pyridine rings is 1. The molecular formula is C33H35Cl2N7O3S. The summed E-state index contributed by atoms with van der Waals surface area (Å²) in [5.41, 5.74) is 4.63. The van der Waals surface area contributed by atoms with Crippen LogP contribution in [0.25, 0.3) is 22.4 Å². The van der Waals surface area contributed by atoms with Gasteiger partial charge in [0.25, 0.3) is 0 Å². The molecule has 5 N–H and O–H groups in total. The molecule has 0 spiro atoms. The molecule has 4 heterocycles. The van der Waals surface area contributed by atoms with E-state index in [0.717, 1.165) is 57.3 Å². The SMILES string of the molecule is COc1nc(-c2cccc(-c3cccc(Nc4ncc(CNC[C@@H]5CCC(=O)N5)s4)c3Cl)c2Cl)ccc1CNC[C@@H]1CCC(=O)N1. The van der Waals surface area contributed by atoms with Crippen molar-refractivity contribution in [1.82, 2.24) is 31.2 Å². The molecule has 0 bridgehead atoms. The van der Waals surface area contributed by atoms with E-state index in [0.29, 0.717) is 54.1 Å². The highest BCUT2D eigenvalue weighted by Gasteiger charge is 2.22. The molecule has 0 radical (unpaired) electrons. The number of rotatable bonds is 13. The number of halogens is 2. The molecule has 2 aliphatic rings. The summed E-state index contributed by atoms with van der Waals surface area (Å²) in [4.78, 5) is 33.3. The number of methoxy groups -OCH3 is 1. The first-order valence-corrected chi connectivity index (χ1v) is 16.8. The molecule has 0 aliphatic carbocycles. The van der Waals surface area contributed by atoms with Crippen molar-refractivity contribution in [1.29, 1.82) is 0 Å². The number of hydrogen-bond acceptors (Lipinski definition) is 9. The number of hydrogen-bond donors (Lipinski definition) is 5. The molecule has 0 saturated carbocycles. The predicted molar refractivity (Wildman–Crippen MR) is 183 cm³/mol. The fourth-order valence-corrected chi connectivity index (χ4v) is 7.07. The monoisotopic (exact) mass is 679 g/mol. The normalized spacial score (nSPS) is 17.6. The number of benzene rings is 2. The third kappa shape index (κ3) is 7.62. The van der Waals surface area contributed by atoms with Crippen molar-refractivity contribution in [3.05, 3.63) is 75.2 Å². The Morgan fingerprint density at radius 3 is 2.20 bits per heavy atom. The van der Waals surface area contributed by atoms with Crippen LogP contribution in [-0.4, -0.2) is 54.1 Å². The summed E-state index contributed by atoms with van der Waals surface area (Å²) < 4.78 is 5.63. The fourth-order valence-electron chi connectivity index (χ4n) is 5.68. The quantitative estimate of drug-likeness (QED) is 0.122. The van der Waals surface area contributed by atoms with Crippen molar-refractivity contribution in [2.24, 2.45) is 0 Å². The second kappa shape index (κ2) is 14.8. The molecule has 0 unspecified atom stereocenters. The van der Waals surface area contributed by atoms with Gasteiger partial charge in [-0.05, 0) is 25.0 Å². The Bertz CT molecular complexity index is 1730. The molecule has 4 aromatic rings.